The average molecular weight is 186 g/mol. The highest BCUT2D eigenvalue weighted by Crippen LogP contribution is 2.35. The molecule has 2 nitrogen and oxygen atoms in total. The van der Waals surface area contributed by atoms with Gasteiger partial charge in [0, 0.05) is 6.04 Å². The minimum absolute atomic E-state index is 0.711. The minimum atomic E-state index is 0.711. The highest BCUT2D eigenvalue weighted by molar-refractivity contribution is 5.76. The molecule has 1 aromatic carbocycles. The number of hydrogen-bond donors (Lipinski definition) is 0. The van der Waals surface area contributed by atoms with Crippen LogP contribution in [0.3, 0.4) is 0 Å². The first-order valence-corrected chi connectivity index (χ1v) is 5.30. The molecule has 2 aromatic rings. The van der Waals surface area contributed by atoms with Gasteiger partial charge in [0.05, 0.1) is 11.0 Å². The van der Waals surface area contributed by atoms with E-state index in [0.29, 0.717) is 6.04 Å². The van der Waals surface area contributed by atoms with Gasteiger partial charge < -0.3 is 4.57 Å². The van der Waals surface area contributed by atoms with Gasteiger partial charge in [0.25, 0.3) is 0 Å². The van der Waals surface area contributed by atoms with Crippen LogP contribution in [-0.2, 0) is 0 Å². The predicted molar refractivity (Wildman–Crippen MR) is 57.4 cm³/mol. The molecular weight excluding hydrogens is 172 g/mol. The van der Waals surface area contributed by atoms with E-state index in [1.54, 1.807) is 0 Å². The molecule has 0 spiro atoms. The molecule has 1 fully saturated rings. The molecule has 0 aliphatic heterocycles. The Morgan fingerprint density at radius 1 is 1.29 bits per heavy atom. The van der Waals surface area contributed by atoms with E-state index in [2.05, 4.69) is 40.7 Å². The second-order valence-corrected chi connectivity index (χ2v) is 4.10. The van der Waals surface area contributed by atoms with E-state index in [0.717, 1.165) is 11.3 Å². The number of aryl methyl sites for hydroxylation is 1. The highest BCUT2D eigenvalue weighted by Gasteiger charge is 2.22. The normalized spacial score (nSPS) is 17.2. The molecule has 72 valence electrons. The van der Waals surface area contributed by atoms with Crippen LogP contribution in [0.2, 0.25) is 0 Å². The first-order valence-electron chi connectivity index (χ1n) is 5.30. The fraction of sp³-hybridized carbons (Fsp3) is 0.417. The number of nitrogens with zero attached hydrogens (tertiary/aromatic N) is 2. The van der Waals surface area contributed by atoms with E-state index >= 15 is 0 Å². The van der Waals surface area contributed by atoms with Crippen molar-refractivity contribution in [3.05, 3.63) is 30.1 Å². The zero-order valence-electron chi connectivity index (χ0n) is 8.40. The molecule has 1 aliphatic carbocycles. The van der Waals surface area contributed by atoms with Crippen LogP contribution in [0, 0.1) is 6.92 Å². The number of fused-ring (bicyclic) bond motifs is 1. The zero-order chi connectivity index (χ0) is 9.54. The number of aromatic nitrogens is 2. The maximum Gasteiger partial charge on any atom is 0.106 e. The van der Waals surface area contributed by atoms with Gasteiger partial charge in [0.1, 0.15) is 5.82 Å². The summed E-state index contributed by atoms with van der Waals surface area (Å²) < 4.78 is 2.40. The summed E-state index contributed by atoms with van der Waals surface area (Å²) in [6.45, 7) is 2.11. The van der Waals surface area contributed by atoms with Gasteiger partial charge in [0.15, 0.2) is 0 Å². The van der Waals surface area contributed by atoms with Crippen molar-refractivity contribution in [2.24, 2.45) is 0 Å². The summed E-state index contributed by atoms with van der Waals surface area (Å²) in [7, 11) is 0. The van der Waals surface area contributed by atoms with Gasteiger partial charge in [-0.1, -0.05) is 12.1 Å². The number of para-hydroxylation sites is 2. The summed E-state index contributed by atoms with van der Waals surface area (Å²) in [6.07, 6.45) is 4.01. The van der Waals surface area contributed by atoms with Crippen molar-refractivity contribution in [1.29, 1.82) is 0 Å². The SMILES string of the molecule is Cc1nc2ccccc2n1C1CCC1. The van der Waals surface area contributed by atoms with Crippen molar-refractivity contribution in [2.75, 3.05) is 0 Å². The van der Waals surface area contributed by atoms with Gasteiger partial charge in [-0.3, -0.25) is 0 Å². The zero-order valence-corrected chi connectivity index (χ0v) is 8.40. The Morgan fingerprint density at radius 3 is 2.79 bits per heavy atom. The van der Waals surface area contributed by atoms with Gasteiger partial charge in [-0.2, -0.15) is 0 Å². The summed E-state index contributed by atoms with van der Waals surface area (Å²) in [5.74, 6) is 1.16. The summed E-state index contributed by atoms with van der Waals surface area (Å²) >= 11 is 0. The lowest BCUT2D eigenvalue weighted by atomic mass is 9.92. The molecule has 14 heavy (non-hydrogen) atoms. The minimum Gasteiger partial charge on any atom is -0.325 e. The molecular formula is C12H14N2. The molecule has 0 radical (unpaired) electrons. The Balaban J connectivity index is 2.24. The Labute approximate surface area is 83.6 Å². The third kappa shape index (κ3) is 0.999. The lowest BCUT2D eigenvalue weighted by Crippen LogP contribution is -2.17. The smallest absolute Gasteiger partial charge is 0.106 e. The van der Waals surface area contributed by atoms with Crippen molar-refractivity contribution in [2.45, 2.75) is 32.2 Å². The first kappa shape index (κ1) is 8.04. The molecule has 1 aliphatic rings. The average Bonchev–Trinajstić information content (AvgIpc) is 2.41. The molecule has 3 rings (SSSR count). The molecule has 0 unspecified atom stereocenters. The van der Waals surface area contributed by atoms with Crippen LogP contribution in [0.15, 0.2) is 24.3 Å². The van der Waals surface area contributed by atoms with E-state index in [-0.39, 0.29) is 0 Å². The Morgan fingerprint density at radius 2 is 2.07 bits per heavy atom. The van der Waals surface area contributed by atoms with E-state index in [4.69, 9.17) is 0 Å². The molecule has 0 atom stereocenters. The lowest BCUT2D eigenvalue weighted by molar-refractivity contribution is 0.316. The highest BCUT2D eigenvalue weighted by atomic mass is 15.1. The lowest BCUT2D eigenvalue weighted by Gasteiger charge is -2.28. The second-order valence-electron chi connectivity index (χ2n) is 4.10. The number of benzene rings is 1. The van der Waals surface area contributed by atoms with Crippen LogP contribution in [-0.4, -0.2) is 9.55 Å². The maximum atomic E-state index is 4.58. The van der Waals surface area contributed by atoms with Crippen molar-refractivity contribution >= 4 is 11.0 Å². The summed E-state index contributed by atoms with van der Waals surface area (Å²) in [5.41, 5.74) is 2.44. The third-order valence-corrected chi connectivity index (χ3v) is 3.21. The standard InChI is InChI=1S/C12H14N2/c1-9-13-11-7-2-3-8-12(11)14(9)10-5-4-6-10/h2-3,7-8,10H,4-6H2,1H3. The van der Waals surface area contributed by atoms with Crippen molar-refractivity contribution in [1.82, 2.24) is 9.55 Å². The quantitative estimate of drug-likeness (QED) is 0.669. The largest absolute Gasteiger partial charge is 0.325 e. The van der Waals surface area contributed by atoms with E-state index < -0.39 is 0 Å². The van der Waals surface area contributed by atoms with E-state index in [9.17, 15) is 0 Å². The van der Waals surface area contributed by atoms with Crippen LogP contribution in [0.4, 0.5) is 0 Å². The monoisotopic (exact) mass is 186 g/mol. The van der Waals surface area contributed by atoms with Crippen LogP contribution < -0.4 is 0 Å². The molecule has 1 heterocycles. The third-order valence-electron chi connectivity index (χ3n) is 3.21. The molecule has 0 bridgehead atoms. The summed E-state index contributed by atoms with van der Waals surface area (Å²) in [6, 6.07) is 9.13. The van der Waals surface area contributed by atoms with E-state index in [1.807, 2.05) is 0 Å². The summed E-state index contributed by atoms with van der Waals surface area (Å²) in [5, 5.41) is 0. The molecule has 0 saturated heterocycles. The predicted octanol–water partition coefficient (Wildman–Crippen LogP) is 3.07. The maximum absolute atomic E-state index is 4.58. The fourth-order valence-corrected chi connectivity index (χ4v) is 2.27. The van der Waals surface area contributed by atoms with Crippen LogP contribution in [0.1, 0.15) is 31.1 Å². The van der Waals surface area contributed by atoms with Gasteiger partial charge in [-0.25, -0.2) is 4.98 Å². The van der Waals surface area contributed by atoms with Crippen molar-refractivity contribution < 1.29 is 0 Å². The van der Waals surface area contributed by atoms with Crippen LogP contribution in [0.25, 0.3) is 11.0 Å². The molecule has 0 amide bonds. The van der Waals surface area contributed by atoms with Gasteiger partial charge in [-0.15, -0.1) is 0 Å². The molecule has 0 N–H and O–H groups in total. The molecule has 1 saturated carbocycles. The first-order chi connectivity index (χ1) is 6.86. The molecule has 1 aromatic heterocycles. The van der Waals surface area contributed by atoms with Crippen molar-refractivity contribution in [3.8, 4) is 0 Å². The van der Waals surface area contributed by atoms with Gasteiger partial charge in [-0.05, 0) is 38.3 Å². The van der Waals surface area contributed by atoms with Gasteiger partial charge >= 0.3 is 0 Å². The summed E-state index contributed by atoms with van der Waals surface area (Å²) in [4.78, 5) is 4.58. The van der Waals surface area contributed by atoms with Crippen LogP contribution in [0.5, 0.6) is 0 Å². The number of rotatable bonds is 1. The Hall–Kier alpha value is -1.31. The van der Waals surface area contributed by atoms with Gasteiger partial charge in [0.2, 0.25) is 0 Å². The fourth-order valence-electron chi connectivity index (χ4n) is 2.27. The number of imidazole rings is 1. The van der Waals surface area contributed by atoms with E-state index in [1.165, 1.54) is 24.8 Å². The van der Waals surface area contributed by atoms with Crippen LogP contribution >= 0.6 is 0 Å². The number of hydrogen-bond acceptors (Lipinski definition) is 1. The Bertz CT molecular complexity index is 466. The molecule has 2 heteroatoms. The van der Waals surface area contributed by atoms with Crippen molar-refractivity contribution in [3.63, 3.8) is 0 Å². The second kappa shape index (κ2) is 2.84. The topological polar surface area (TPSA) is 17.8 Å². The Kier molecular flexibility index (Phi) is 1.63.